The molecule has 0 rings (SSSR count). The van der Waals surface area contributed by atoms with Crippen LogP contribution in [0.3, 0.4) is 0 Å². The monoisotopic (exact) mass is 250 g/mol. The van der Waals surface area contributed by atoms with Crippen LogP contribution >= 0.6 is 0 Å². The standard InChI is InChI=1S/C17H30O/c1-7-15(9-13(3)4)11-17(18)12-16(8-2)10-14(5)6/h11-14H,7-10H2,1-6H3. The van der Waals surface area contributed by atoms with Crippen LogP contribution in [0.15, 0.2) is 23.3 Å². The Morgan fingerprint density at radius 3 is 1.39 bits per heavy atom. The summed E-state index contributed by atoms with van der Waals surface area (Å²) in [7, 11) is 0. The van der Waals surface area contributed by atoms with Crippen molar-refractivity contribution in [2.45, 2.75) is 67.2 Å². The van der Waals surface area contributed by atoms with E-state index in [0.29, 0.717) is 11.8 Å². The summed E-state index contributed by atoms with van der Waals surface area (Å²) in [6, 6.07) is 0. The number of hydrogen-bond donors (Lipinski definition) is 0. The molecule has 1 heteroatoms. The van der Waals surface area contributed by atoms with Gasteiger partial charge in [0.1, 0.15) is 0 Å². The van der Waals surface area contributed by atoms with Crippen molar-refractivity contribution < 1.29 is 4.79 Å². The van der Waals surface area contributed by atoms with E-state index in [1.165, 1.54) is 11.1 Å². The van der Waals surface area contributed by atoms with E-state index >= 15 is 0 Å². The van der Waals surface area contributed by atoms with Crippen molar-refractivity contribution in [1.29, 1.82) is 0 Å². The highest BCUT2D eigenvalue weighted by molar-refractivity contribution is 6.00. The SMILES string of the molecule is CCC(=CC(=O)C=C(CC)CC(C)C)CC(C)C. The Morgan fingerprint density at radius 1 is 0.833 bits per heavy atom. The van der Waals surface area contributed by atoms with Gasteiger partial charge in [0.15, 0.2) is 5.78 Å². The van der Waals surface area contributed by atoms with E-state index in [2.05, 4.69) is 41.5 Å². The highest BCUT2D eigenvalue weighted by atomic mass is 16.1. The molecule has 0 N–H and O–H groups in total. The molecular weight excluding hydrogens is 220 g/mol. The van der Waals surface area contributed by atoms with Gasteiger partial charge in [-0.15, -0.1) is 0 Å². The molecule has 0 unspecified atom stereocenters. The average Bonchev–Trinajstić information content (AvgIpc) is 2.25. The van der Waals surface area contributed by atoms with Gasteiger partial charge in [0.05, 0.1) is 0 Å². The molecule has 0 bridgehead atoms. The van der Waals surface area contributed by atoms with E-state index in [-0.39, 0.29) is 5.78 Å². The molecule has 0 aromatic heterocycles. The number of carbonyl (C=O) groups is 1. The second-order valence-corrected chi connectivity index (χ2v) is 5.91. The van der Waals surface area contributed by atoms with Gasteiger partial charge in [0, 0.05) is 0 Å². The molecule has 0 saturated carbocycles. The number of allylic oxidation sites excluding steroid dienone is 4. The smallest absolute Gasteiger partial charge is 0.178 e. The van der Waals surface area contributed by atoms with Crippen molar-refractivity contribution in [3.8, 4) is 0 Å². The Labute approximate surface area is 113 Å². The van der Waals surface area contributed by atoms with Gasteiger partial charge in [0.25, 0.3) is 0 Å². The van der Waals surface area contributed by atoms with E-state index in [1.807, 2.05) is 12.2 Å². The van der Waals surface area contributed by atoms with E-state index in [0.717, 1.165) is 25.7 Å². The molecule has 0 radical (unpaired) electrons. The highest BCUT2D eigenvalue weighted by Crippen LogP contribution is 2.16. The van der Waals surface area contributed by atoms with Crippen molar-refractivity contribution in [2.24, 2.45) is 11.8 Å². The van der Waals surface area contributed by atoms with Gasteiger partial charge in [-0.05, 0) is 49.7 Å². The third-order valence-electron chi connectivity index (χ3n) is 2.94. The normalized spacial score (nSPS) is 13.6. The second-order valence-electron chi connectivity index (χ2n) is 5.91. The summed E-state index contributed by atoms with van der Waals surface area (Å²) in [5.74, 6) is 1.41. The first-order chi connectivity index (χ1) is 8.38. The molecule has 18 heavy (non-hydrogen) atoms. The minimum atomic E-state index is 0.171. The Bertz CT molecular complexity index is 276. The molecule has 0 amide bonds. The van der Waals surface area contributed by atoms with E-state index in [9.17, 15) is 4.79 Å². The van der Waals surface area contributed by atoms with Crippen LogP contribution in [0.4, 0.5) is 0 Å². The summed E-state index contributed by atoms with van der Waals surface area (Å²) in [5.41, 5.74) is 2.54. The zero-order valence-electron chi connectivity index (χ0n) is 13.0. The molecule has 0 aromatic carbocycles. The Kier molecular flexibility index (Phi) is 8.70. The molecular formula is C17H30O. The van der Waals surface area contributed by atoms with Gasteiger partial charge in [-0.25, -0.2) is 0 Å². The van der Waals surface area contributed by atoms with Gasteiger partial charge in [-0.1, -0.05) is 52.7 Å². The predicted molar refractivity (Wildman–Crippen MR) is 80.7 cm³/mol. The Balaban J connectivity index is 4.70. The first kappa shape index (κ1) is 17.2. The Hall–Kier alpha value is -0.850. The molecule has 0 aromatic rings. The summed E-state index contributed by atoms with van der Waals surface area (Å²) < 4.78 is 0. The number of carbonyl (C=O) groups excluding carboxylic acids is 1. The molecule has 0 saturated heterocycles. The molecule has 0 aliphatic heterocycles. The van der Waals surface area contributed by atoms with Gasteiger partial charge < -0.3 is 0 Å². The Morgan fingerprint density at radius 2 is 1.17 bits per heavy atom. The third kappa shape index (κ3) is 8.27. The van der Waals surface area contributed by atoms with Crippen LogP contribution in [-0.4, -0.2) is 5.78 Å². The van der Waals surface area contributed by atoms with Crippen LogP contribution < -0.4 is 0 Å². The van der Waals surface area contributed by atoms with Crippen LogP contribution in [0.25, 0.3) is 0 Å². The third-order valence-corrected chi connectivity index (χ3v) is 2.94. The van der Waals surface area contributed by atoms with Crippen LogP contribution in [0.5, 0.6) is 0 Å². The maximum absolute atomic E-state index is 12.0. The van der Waals surface area contributed by atoms with Gasteiger partial charge >= 0.3 is 0 Å². The fourth-order valence-electron chi connectivity index (χ4n) is 2.10. The number of ketones is 1. The minimum absolute atomic E-state index is 0.171. The van der Waals surface area contributed by atoms with E-state index in [1.54, 1.807) is 0 Å². The van der Waals surface area contributed by atoms with Crippen molar-refractivity contribution in [3.05, 3.63) is 23.3 Å². The summed E-state index contributed by atoms with van der Waals surface area (Å²) in [6.45, 7) is 13.0. The van der Waals surface area contributed by atoms with Crippen LogP contribution in [-0.2, 0) is 4.79 Å². The summed E-state index contributed by atoms with van der Waals surface area (Å²) in [6.07, 6.45) is 7.70. The highest BCUT2D eigenvalue weighted by Gasteiger charge is 2.04. The van der Waals surface area contributed by atoms with Crippen molar-refractivity contribution in [3.63, 3.8) is 0 Å². The fraction of sp³-hybridized carbons (Fsp3) is 0.706. The molecule has 1 nitrogen and oxygen atoms in total. The van der Waals surface area contributed by atoms with Crippen LogP contribution in [0.2, 0.25) is 0 Å². The topological polar surface area (TPSA) is 17.1 Å². The van der Waals surface area contributed by atoms with Crippen LogP contribution in [0, 0.1) is 11.8 Å². The molecule has 0 spiro atoms. The van der Waals surface area contributed by atoms with E-state index in [4.69, 9.17) is 0 Å². The second kappa shape index (κ2) is 9.13. The molecule has 0 atom stereocenters. The summed E-state index contributed by atoms with van der Waals surface area (Å²) in [4.78, 5) is 12.0. The maximum Gasteiger partial charge on any atom is 0.178 e. The molecule has 104 valence electrons. The van der Waals surface area contributed by atoms with Gasteiger partial charge in [-0.3, -0.25) is 4.79 Å². The lowest BCUT2D eigenvalue weighted by molar-refractivity contribution is -0.110. The lowest BCUT2D eigenvalue weighted by Crippen LogP contribution is -1.98. The lowest BCUT2D eigenvalue weighted by Gasteiger charge is -2.08. The molecule has 0 heterocycles. The first-order valence-electron chi connectivity index (χ1n) is 7.31. The zero-order valence-corrected chi connectivity index (χ0v) is 13.0. The quantitative estimate of drug-likeness (QED) is 0.533. The van der Waals surface area contributed by atoms with E-state index < -0.39 is 0 Å². The largest absolute Gasteiger partial charge is 0.290 e. The molecule has 0 aliphatic rings. The first-order valence-corrected chi connectivity index (χ1v) is 7.31. The summed E-state index contributed by atoms with van der Waals surface area (Å²) in [5, 5.41) is 0. The fourth-order valence-corrected chi connectivity index (χ4v) is 2.10. The van der Waals surface area contributed by atoms with Gasteiger partial charge in [-0.2, -0.15) is 0 Å². The van der Waals surface area contributed by atoms with Crippen LogP contribution in [0.1, 0.15) is 67.2 Å². The minimum Gasteiger partial charge on any atom is -0.290 e. The summed E-state index contributed by atoms with van der Waals surface area (Å²) >= 11 is 0. The van der Waals surface area contributed by atoms with Crippen molar-refractivity contribution in [1.82, 2.24) is 0 Å². The lowest BCUT2D eigenvalue weighted by atomic mass is 9.97. The average molecular weight is 250 g/mol. The van der Waals surface area contributed by atoms with Crippen molar-refractivity contribution in [2.75, 3.05) is 0 Å². The maximum atomic E-state index is 12.0. The number of hydrogen-bond acceptors (Lipinski definition) is 1. The van der Waals surface area contributed by atoms with Crippen molar-refractivity contribution >= 4 is 5.78 Å². The molecule has 0 fully saturated rings. The zero-order chi connectivity index (χ0) is 14.1. The number of rotatable bonds is 8. The predicted octanol–water partition coefficient (Wildman–Crippen LogP) is 5.32. The molecule has 0 aliphatic carbocycles. The van der Waals surface area contributed by atoms with Gasteiger partial charge in [0.2, 0.25) is 0 Å².